The van der Waals surface area contributed by atoms with Gasteiger partial charge in [-0.2, -0.15) is 5.21 Å². The van der Waals surface area contributed by atoms with E-state index >= 15 is 0 Å². The van der Waals surface area contributed by atoms with Crippen molar-refractivity contribution in [1.29, 1.82) is 0 Å². The molecule has 8 N–H and O–H groups in total. The number of aliphatic carboxylic acids is 2. The fourth-order valence-corrected chi connectivity index (χ4v) is 7.65. The van der Waals surface area contributed by atoms with E-state index in [0.29, 0.717) is 6.42 Å². The highest BCUT2D eigenvalue weighted by atomic mass is 32.2. The Balaban J connectivity index is 1.94. The van der Waals surface area contributed by atoms with Gasteiger partial charge in [-0.15, -0.1) is 10.2 Å². The van der Waals surface area contributed by atoms with Gasteiger partial charge in [-0.05, 0) is 39.0 Å². The van der Waals surface area contributed by atoms with Crippen molar-refractivity contribution in [3.8, 4) is 0 Å². The van der Waals surface area contributed by atoms with Gasteiger partial charge in [0, 0.05) is 45.2 Å². The number of aromatic nitrogens is 4. The van der Waals surface area contributed by atoms with E-state index in [9.17, 15) is 57.0 Å². The number of rotatable bonds is 47. The van der Waals surface area contributed by atoms with Crippen LogP contribution in [0.25, 0.3) is 0 Å². The number of nitrogens with zero attached hydrogens (tertiary/aromatic N) is 3. The normalized spacial score (nSPS) is 12.1. The first-order valence-corrected chi connectivity index (χ1v) is 25.9. The van der Waals surface area contributed by atoms with Crippen LogP contribution in [0.2, 0.25) is 0 Å². The van der Waals surface area contributed by atoms with Crippen LogP contribution in [0.5, 0.6) is 0 Å². The van der Waals surface area contributed by atoms with E-state index in [2.05, 4.69) is 46.6 Å². The molecule has 0 saturated carbocycles. The van der Waals surface area contributed by atoms with Gasteiger partial charge in [-0.1, -0.05) is 75.8 Å². The summed E-state index contributed by atoms with van der Waals surface area (Å²) in [5, 5.41) is 42.2. The van der Waals surface area contributed by atoms with Gasteiger partial charge in [0.2, 0.25) is 39.6 Å². The third-order valence-corrected chi connectivity index (χ3v) is 11.7. The minimum absolute atomic E-state index is 0.0212. The Morgan fingerprint density at radius 2 is 1.01 bits per heavy atom. The number of nitrogens with one attached hydrogen (secondary N) is 6. The second-order valence-corrected chi connectivity index (χ2v) is 18.4. The average molecular weight is 1020 g/mol. The van der Waals surface area contributed by atoms with Crippen LogP contribution in [-0.4, -0.2) is 170 Å². The SMILES string of the molecule is CC(=O)CCC(NC(=O)CCC(NC(=O)COCCOCCNC(=O)COCCOCCNC(=O)CCCS(=O)(=O)NC(=O)CCCCCCCCCCCCCCCc1nn[nH]n1)C(=O)O)C(=O)O. The predicted octanol–water partition coefficient (Wildman–Crippen LogP) is 1.02. The maximum absolute atomic E-state index is 12.3. The summed E-state index contributed by atoms with van der Waals surface area (Å²) in [5.41, 5.74) is 0. The number of carbonyl (C=O) groups is 8. The molecule has 2 atom stereocenters. The van der Waals surface area contributed by atoms with Gasteiger partial charge in [0.05, 0.1) is 45.4 Å². The average Bonchev–Trinajstić information content (AvgIpc) is 3.82. The molecule has 2 unspecified atom stereocenters. The number of unbranched alkanes of at least 4 members (excludes halogenated alkanes) is 12. The van der Waals surface area contributed by atoms with E-state index in [1.807, 2.05) is 0 Å². The number of carboxylic acid groups (broad SMARTS) is 2. The molecule has 1 aromatic rings. The zero-order chi connectivity index (χ0) is 51.7. The summed E-state index contributed by atoms with van der Waals surface area (Å²) in [5.74, 6) is -5.36. The molecule has 0 aliphatic carbocycles. The van der Waals surface area contributed by atoms with Gasteiger partial charge < -0.3 is 55.2 Å². The molecule has 0 spiro atoms. The molecule has 5 amide bonds. The van der Waals surface area contributed by atoms with Crippen LogP contribution in [0, 0.1) is 0 Å². The Hall–Kier alpha value is -5.18. The highest BCUT2D eigenvalue weighted by Crippen LogP contribution is 2.14. The molecule has 400 valence electrons. The van der Waals surface area contributed by atoms with E-state index in [1.165, 1.54) is 51.9 Å². The lowest BCUT2D eigenvalue weighted by Crippen LogP contribution is -2.45. The number of Topliss-reactive ketones (excluding diaryl/α,β-unsaturated/α-hetero) is 1. The second kappa shape index (κ2) is 40.5. The zero-order valence-corrected chi connectivity index (χ0v) is 41.5. The Labute approximate surface area is 410 Å². The third-order valence-electron chi connectivity index (χ3n) is 10.3. The minimum atomic E-state index is -3.84. The number of ketones is 1. The topological polar surface area (TPSA) is 363 Å². The molecule has 1 aromatic heterocycles. The van der Waals surface area contributed by atoms with E-state index in [4.69, 9.17) is 18.9 Å². The number of aromatic amines is 1. The lowest BCUT2D eigenvalue weighted by atomic mass is 10.0. The smallest absolute Gasteiger partial charge is 0.326 e. The number of carbonyl (C=O) groups excluding carboxylic acids is 6. The number of hydrogen-bond donors (Lipinski definition) is 8. The Morgan fingerprint density at radius 3 is 1.54 bits per heavy atom. The van der Waals surface area contributed by atoms with Crippen molar-refractivity contribution < 1.29 is 75.9 Å². The zero-order valence-electron chi connectivity index (χ0n) is 40.6. The first-order valence-electron chi connectivity index (χ1n) is 24.2. The van der Waals surface area contributed by atoms with Gasteiger partial charge in [0.25, 0.3) is 0 Å². The molecule has 1 rings (SSSR count). The number of sulfonamides is 1. The van der Waals surface area contributed by atoms with Crippen LogP contribution in [0.3, 0.4) is 0 Å². The molecule has 0 radical (unpaired) electrons. The fourth-order valence-electron chi connectivity index (χ4n) is 6.57. The van der Waals surface area contributed by atoms with Gasteiger partial charge in [0.1, 0.15) is 31.1 Å². The van der Waals surface area contributed by atoms with Crippen molar-refractivity contribution in [1.82, 2.24) is 46.6 Å². The Kier molecular flexibility index (Phi) is 36.4. The lowest BCUT2D eigenvalue weighted by Gasteiger charge is -2.16. The van der Waals surface area contributed by atoms with Crippen molar-refractivity contribution in [2.75, 3.05) is 71.7 Å². The first-order chi connectivity index (χ1) is 33.6. The summed E-state index contributed by atoms with van der Waals surface area (Å²) in [4.78, 5) is 94.4. The summed E-state index contributed by atoms with van der Waals surface area (Å²) in [6.07, 6.45) is 14.6. The van der Waals surface area contributed by atoms with Crippen molar-refractivity contribution in [3.63, 3.8) is 0 Å². The molecule has 0 bridgehead atoms. The van der Waals surface area contributed by atoms with Gasteiger partial charge >= 0.3 is 11.9 Å². The van der Waals surface area contributed by atoms with Gasteiger partial charge in [-0.25, -0.2) is 18.0 Å². The van der Waals surface area contributed by atoms with Crippen molar-refractivity contribution in [3.05, 3.63) is 5.82 Å². The largest absolute Gasteiger partial charge is 0.480 e. The molecule has 70 heavy (non-hydrogen) atoms. The summed E-state index contributed by atoms with van der Waals surface area (Å²) in [6, 6.07) is -2.74. The second-order valence-electron chi connectivity index (χ2n) is 16.6. The van der Waals surface area contributed by atoms with Crippen molar-refractivity contribution in [2.45, 2.75) is 154 Å². The maximum atomic E-state index is 12.3. The number of amides is 5. The van der Waals surface area contributed by atoms with Crippen LogP contribution >= 0.6 is 0 Å². The quantitative estimate of drug-likeness (QED) is 0.0422. The standard InChI is InChI=1S/C44H77N9O16S/c1-34(54)19-20-35(43(60)61)47-39(56)22-21-36(44(62)63)48-42(59)33-69-30-28-67-26-24-46-41(58)32-68-29-27-66-25-23-45-38(55)18-15-31-70(64,65)51-40(57)17-14-12-10-8-6-4-2-3-5-7-9-11-13-16-37-49-52-53-50-37/h35-36H,2-33H2,1H3,(H,45,55)(H,46,58)(H,47,56)(H,48,59)(H,51,57)(H,60,61)(H,62,63)(H,49,50,52,53). The minimum Gasteiger partial charge on any atom is -0.480 e. The molecule has 25 nitrogen and oxygen atoms in total. The van der Waals surface area contributed by atoms with Crippen LogP contribution in [-0.2, 0) is 73.7 Å². The van der Waals surface area contributed by atoms with Crippen molar-refractivity contribution >= 4 is 57.3 Å². The van der Waals surface area contributed by atoms with E-state index < -0.39 is 64.3 Å². The molecule has 1 heterocycles. The summed E-state index contributed by atoms with van der Waals surface area (Å²) < 4.78 is 47.8. The summed E-state index contributed by atoms with van der Waals surface area (Å²) in [7, 11) is -3.84. The molecular formula is C44H77N9O16S. The van der Waals surface area contributed by atoms with E-state index in [1.54, 1.807) is 0 Å². The number of carboxylic acids is 2. The number of tetrazole rings is 1. The van der Waals surface area contributed by atoms with Crippen LogP contribution in [0.15, 0.2) is 0 Å². The van der Waals surface area contributed by atoms with Crippen molar-refractivity contribution in [2.24, 2.45) is 0 Å². The highest BCUT2D eigenvalue weighted by Gasteiger charge is 2.24. The third kappa shape index (κ3) is 37.7. The summed E-state index contributed by atoms with van der Waals surface area (Å²) >= 11 is 0. The van der Waals surface area contributed by atoms with Gasteiger partial charge in [0.15, 0.2) is 5.82 Å². The Morgan fingerprint density at radius 1 is 0.543 bits per heavy atom. The number of hydrogen-bond acceptors (Lipinski definition) is 17. The Bertz CT molecular complexity index is 1770. The first kappa shape index (κ1) is 62.8. The molecule has 0 aliphatic heterocycles. The molecule has 0 aromatic carbocycles. The van der Waals surface area contributed by atoms with Crippen LogP contribution < -0.4 is 26.0 Å². The van der Waals surface area contributed by atoms with E-state index in [-0.39, 0.29) is 122 Å². The predicted molar refractivity (Wildman–Crippen MR) is 251 cm³/mol. The van der Waals surface area contributed by atoms with Gasteiger partial charge in [-0.3, -0.25) is 28.7 Å². The molecule has 0 aliphatic rings. The number of ether oxygens (including phenoxy) is 4. The van der Waals surface area contributed by atoms with Crippen LogP contribution in [0.4, 0.5) is 0 Å². The highest BCUT2D eigenvalue weighted by molar-refractivity contribution is 7.90. The lowest BCUT2D eigenvalue weighted by molar-refractivity contribution is -0.144. The summed E-state index contributed by atoms with van der Waals surface area (Å²) in [6.45, 7) is 1.50. The monoisotopic (exact) mass is 1020 g/mol. The maximum Gasteiger partial charge on any atom is 0.326 e. The molecular weight excluding hydrogens is 943 g/mol. The van der Waals surface area contributed by atoms with Crippen LogP contribution in [0.1, 0.15) is 141 Å². The van der Waals surface area contributed by atoms with E-state index in [0.717, 1.165) is 44.3 Å². The fraction of sp³-hybridized carbons (Fsp3) is 0.795. The number of H-pyrrole nitrogens is 1. The molecule has 26 heteroatoms. The molecule has 0 fully saturated rings. The molecule has 0 saturated heterocycles. The number of aryl methyl sites for hydroxylation is 1.